The number of fused-ring (bicyclic) bond motifs is 1. The van der Waals surface area contributed by atoms with Crippen molar-refractivity contribution >= 4 is 17.0 Å². The Morgan fingerprint density at radius 3 is 2.52 bits per heavy atom. The van der Waals surface area contributed by atoms with Crippen LogP contribution in [0.5, 0.6) is 0 Å². The molecule has 0 bridgehead atoms. The number of nitrogens with one attached hydrogen (secondary N) is 1. The van der Waals surface area contributed by atoms with Crippen LogP contribution in [0.1, 0.15) is 24.1 Å². The Morgan fingerprint density at radius 2 is 1.73 bits per heavy atom. The first kappa shape index (κ1) is 21.5. The van der Waals surface area contributed by atoms with Crippen LogP contribution in [-0.4, -0.2) is 55.6 Å². The minimum absolute atomic E-state index is 0.216. The van der Waals surface area contributed by atoms with Crippen LogP contribution in [0.25, 0.3) is 11.0 Å². The van der Waals surface area contributed by atoms with Gasteiger partial charge in [0.05, 0.1) is 23.1 Å². The van der Waals surface area contributed by atoms with E-state index in [1.165, 1.54) is 12.1 Å². The monoisotopic (exact) mass is 445 g/mol. The molecule has 1 N–H and O–H groups in total. The Morgan fingerprint density at radius 1 is 0.939 bits per heavy atom. The van der Waals surface area contributed by atoms with Crippen molar-refractivity contribution in [3.8, 4) is 0 Å². The lowest BCUT2D eigenvalue weighted by Crippen LogP contribution is -2.37. The molecule has 0 saturated carbocycles. The average Bonchev–Trinajstić information content (AvgIpc) is 3.26. The number of piperidine rings is 1. The molecule has 0 amide bonds. The summed E-state index contributed by atoms with van der Waals surface area (Å²) in [4.78, 5) is 20.2. The maximum Gasteiger partial charge on any atom is 0.222 e. The smallest absolute Gasteiger partial charge is 0.222 e. The van der Waals surface area contributed by atoms with Crippen molar-refractivity contribution in [1.82, 2.24) is 29.4 Å². The molecular weight excluding hydrogens is 417 g/mol. The highest BCUT2D eigenvalue weighted by Crippen LogP contribution is 2.25. The van der Waals surface area contributed by atoms with Crippen LogP contribution in [0.4, 0.5) is 10.3 Å². The molecule has 1 fully saturated rings. The number of imidazole rings is 1. The number of benzene rings is 1. The lowest BCUT2D eigenvalue weighted by atomic mass is 9.91. The first-order valence-electron chi connectivity index (χ1n) is 11.5. The second-order valence-corrected chi connectivity index (χ2v) is 8.61. The van der Waals surface area contributed by atoms with Crippen LogP contribution < -0.4 is 5.32 Å². The van der Waals surface area contributed by atoms with Crippen LogP contribution in [0, 0.1) is 11.7 Å². The molecule has 7 nitrogen and oxygen atoms in total. The number of likely N-dealkylation sites (tertiary alicyclic amines) is 1. The van der Waals surface area contributed by atoms with Crippen LogP contribution in [-0.2, 0) is 13.0 Å². The first-order chi connectivity index (χ1) is 16.2. The number of rotatable bonds is 8. The van der Waals surface area contributed by atoms with Gasteiger partial charge in [0.2, 0.25) is 5.95 Å². The molecule has 1 aliphatic rings. The van der Waals surface area contributed by atoms with Crippen molar-refractivity contribution in [1.29, 1.82) is 0 Å². The molecule has 0 spiro atoms. The van der Waals surface area contributed by atoms with E-state index in [0.717, 1.165) is 67.7 Å². The summed E-state index contributed by atoms with van der Waals surface area (Å²) in [6.45, 7) is 4.67. The van der Waals surface area contributed by atoms with Gasteiger partial charge in [-0.3, -0.25) is 4.98 Å². The van der Waals surface area contributed by atoms with E-state index in [-0.39, 0.29) is 5.82 Å². The third-order valence-corrected chi connectivity index (χ3v) is 6.33. The number of hydrogen-bond acceptors (Lipinski definition) is 6. The van der Waals surface area contributed by atoms with Crippen LogP contribution in [0.2, 0.25) is 0 Å². The van der Waals surface area contributed by atoms with E-state index in [1.807, 2.05) is 36.8 Å². The van der Waals surface area contributed by atoms with Gasteiger partial charge >= 0.3 is 0 Å². The predicted molar refractivity (Wildman–Crippen MR) is 126 cm³/mol. The van der Waals surface area contributed by atoms with Crippen molar-refractivity contribution in [3.63, 3.8) is 0 Å². The summed E-state index contributed by atoms with van der Waals surface area (Å²) < 4.78 is 15.4. The molecule has 8 heteroatoms. The van der Waals surface area contributed by atoms with E-state index in [2.05, 4.69) is 29.7 Å². The Balaban J connectivity index is 1.18. The zero-order chi connectivity index (χ0) is 22.5. The molecule has 4 heterocycles. The lowest BCUT2D eigenvalue weighted by Gasteiger charge is -2.32. The molecule has 1 saturated heterocycles. The number of hydrogen-bond donors (Lipinski definition) is 1. The molecule has 3 aromatic heterocycles. The van der Waals surface area contributed by atoms with Crippen molar-refractivity contribution in [2.24, 2.45) is 5.92 Å². The molecule has 1 aromatic carbocycles. The van der Waals surface area contributed by atoms with Gasteiger partial charge < -0.3 is 14.8 Å². The largest absolute Gasteiger partial charge is 0.353 e. The van der Waals surface area contributed by atoms with Crippen molar-refractivity contribution < 1.29 is 4.39 Å². The van der Waals surface area contributed by atoms with Gasteiger partial charge in [-0.25, -0.2) is 19.3 Å². The van der Waals surface area contributed by atoms with Gasteiger partial charge in [-0.1, -0.05) is 12.1 Å². The fourth-order valence-corrected chi connectivity index (χ4v) is 4.55. The molecular formula is C25H28FN7. The van der Waals surface area contributed by atoms with E-state index in [9.17, 15) is 4.39 Å². The summed E-state index contributed by atoms with van der Waals surface area (Å²) in [6.07, 6.45) is 10.5. The predicted octanol–water partition coefficient (Wildman–Crippen LogP) is 3.78. The van der Waals surface area contributed by atoms with Gasteiger partial charge in [-0.2, -0.15) is 0 Å². The highest BCUT2D eigenvalue weighted by Gasteiger charge is 2.21. The topological polar surface area (TPSA) is 71.8 Å². The highest BCUT2D eigenvalue weighted by atomic mass is 19.1. The van der Waals surface area contributed by atoms with Crippen molar-refractivity contribution in [2.45, 2.75) is 25.8 Å². The van der Waals surface area contributed by atoms with E-state index < -0.39 is 0 Å². The Kier molecular flexibility index (Phi) is 6.53. The molecule has 33 heavy (non-hydrogen) atoms. The quantitative estimate of drug-likeness (QED) is 0.445. The average molecular weight is 446 g/mol. The minimum Gasteiger partial charge on any atom is -0.353 e. The third kappa shape index (κ3) is 5.34. The molecule has 0 radical (unpaired) electrons. The van der Waals surface area contributed by atoms with E-state index in [0.29, 0.717) is 18.4 Å². The second kappa shape index (κ2) is 10.0. The fraction of sp³-hybridized carbons (Fsp3) is 0.360. The van der Waals surface area contributed by atoms with Crippen LogP contribution >= 0.6 is 0 Å². The summed E-state index contributed by atoms with van der Waals surface area (Å²) in [5, 5.41) is 3.28. The maximum absolute atomic E-state index is 13.3. The van der Waals surface area contributed by atoms with Crippen LogP contribution in [0.3, 0.4) is 0 Å². The van der Waals surface area contributed by atoms with Gasteiger partial charge in [0.15, 0.2) is 0 Å². The number of nitrogens with zero attached hydrogens (tertiary/aromatic N) is 6. The number of pyridine rings is 1. The number of halogens is 1. The molecule has 0 aliphatic carbocycles. The minimum atomic E-state index is -0.216. The SMILES string of the molecule is Fc1ccc(Cn2cnc3ccnc(CC4CCN(CCNc5ncccn5)CC4)c32)cc1. The molecule has 1 aliphatic heterocycles. The second-order valence-electron chi connectivity index (χ2n) is 8.61. The number of aromatic nitrogens is 5. The van der Waals surface area contributed by atoms with E-state index >= 15 is 0 Å². The first-order valence-corrected chi connectivity index (χ1v) is 11.5. The Labute approximate surface area is 192 Å². The van der Waals surface area contributed by atoms with Crippen molar-refractivity contribution in [2.75, 3.05) is 31.5 Å². The van der Waals surface area contributed by atoms with Crippen molar-refractivity contribution in [3.05, 3.63) is 78.4 Å². The third-order valence-electron chi connectivity index (χ3n) is 6.33. The summed E-state index contributed by atoms with van der Waals surface area (Å²) in [6, 6.07) is 10.4. The summed E-state index contributed by atoms with van der Waals surface area (Å²) in [5.74, 6) is 1.08. The Hall–Kier alpha value is -3.39. The number of anilines is 1. The van der Waals surface area contributed by atoms with E-state index in [4.69, 9.17) is 4.98 Å². The van der Waals surface area contributed by atoms with Crippen LogP contribution in [0.15, 0.2) is 61.3 Å². The zero-order valence-electron chi connectivity index (χ0n) is 18.6. The van der Waals surface area contributed by atoms with Gasteiger partial charge in [0.1, 0.15) is 5.82 Å². The standard InChI is InChI=1S/C25H28FN7/c26-21-4-2-20(3-5-21)17-33-18-31-22-6-11-27-23(24(22)33)16-19-7-13-32(14-8-19)15-12-30-25-28-9-1-10-29-25/h1-6,9-11,18-19H,7-8,12-17H2,(H,28,29,30). The summed E-state index contributed by atoms with van der Waals surface area (Å²) in [5.41, 5.74) is 4.21. The fourth-order valence-electron chi connectivity index (χ4n) is 4.55. The molecule has 0 unspecified atom stereocenters. The van der Waals surface area contributed by atoms with E-state index in [1.54, 1.807) is 12.4 Å². The molecule has 0 atom stereocenters. The zero-order valence-corrected chi connectivity index (χ0v) is 18.6. The summed E-state index contributed by atoms with van der Waals surface area (Å²) in [7, 11) is 0. The van der Waals surface area contributed by atoms with Gasteiger partial charge in [-0.05, 0) is 68.1 Å². The Bertz CT molecular complexity index is 1170. The van der Waals surface area contributed by atoms with Gasteiger partial charge in [0.25, 0.3) is 0 Å². The lowest BCUT2D eigenvalue weighted by molar-refractivity contribution is 0.189. The summed E-state index contributed by atoms with van der Waals surface area (Å²) >= 11 is 0. The van der Waals surface area contributed by atoms with Gasteiger partial charge in [-0.15, -0.1) is 0 Å². The normalized spacial score (nSPS) is 15.2. The molecule has 5 rings (SSSR count). The molecule has 4 aromatic rings. The van der Waals surface area contributed by atoms with Gasteiger partial charge in [0, 0.05) is 38.2 Å². The highest BCUT2D eigenvalue weighted by molar-refractivity contribution is 5.77. The maximum atomic E-state index is 13.3. The molecule has 170 valence electrons.